The number of carboxylic acid groups (broad SMARTS) is 2. The fourth-order valence-corrected chi connectivity index (χ4v) is 0.592. The first-order chi connectivity index (χ1) is 5.14. The summed E-state index contributed by atoms with van der Waals surface area (Å²) < 4.78 is -5.58. The van der Waals surface area contributed by atoms with E-state index in [1.807, 2.05) is 0 Å². The third-order valence-electron chi connectivity index (χ3n) is 0.932. The van der Waals surface area contributed by atoms with Gasteiger partial charge in [0.1, 0.15) is 0 Å². The van der Waals surface area contributed by atoms with Crippen LogP contribution >= 0.6 is 46.4 Å². The Bertz CT molecular complexity index is 209. The zero-order chi connectivity index (χ0) is 10.2. The standard InChI is InChI=1S/C4H2Cl4O4.Na.H/c5-3(6,1(9)10)4(7,8)2(11)12;;/h(H,9,10)(H,11,12);;/q;+1;-1. The molecule has 0 heterocycles. The van der Waals surface area contributed by atoms with Gasteiger partial charge in [-0.1, -0.05) is 46.4 Å². The van der Waals surface area contributed by atoms with E-state index >= 15 is 0 Å². The van der Waals surface area contributed by atoms with Gasteiger partial charge in [0, 0.05) is 0 Å². The SMILES string of the molecule is O=C(O)C(Cl)(Cl)C(Cl)(Cl)C(=O)O.[H-].[Na+]. The number of aliphatic carboxylic acids is 2. The van der Waals surface area contributed by atoms with Crippen LogP contribution in [0.2, 0.25) is 0 Å². The van der Waals surface area contributed by atoms with E-state index < -0.39 is 20.6 Å². The minimum absolute atomic E-state index is 0. The van der Waals surface area contributed by atoms with E-state index in [0.717, 1.165) is 0 Å². The normalized spacial score (nSPS) is 11.7. The van der Waals surface area contributed by atoms with Gasteiger partial charge in [-0.25, -0.2) is 9.59 Å². The van der Waals surface area contributed by atoms with Crippen molar-refractivity contribution in [2.75, 3.05) is 0 Å². The molecule has 0 saturated carbocycles. The van der Waals surface area contributed by atoms with E-state index in [9.17, 15) is 9.59 Å². The second-order valence-electron chi connectivity index (χ2n) is 1.76. The van der Waals surface area contributed by atoms with Gasteiger partial charge in [0.25, 0.3) is 8.67 Å². The van der Waals surface area contributed by atoms with Gasteiger partial charge in [-0.15, -0.1) is 0 Å². The quantitative estimate of drug-likeness (QED) is 0.493. The number of alkyl halides is 4. The van der Waals surface area contributed by atoms with Crippen LogP contribution in [-0.2, 0) is 9.59 Å². The molecule has 0 saturated heterocycles. The van der Waals surface area contributed by atoms with Crippen LogP contribution in [0.1, 0.15) is 1.43 Å². The van der Waals surface area contributed by atoms with Gasteiger partial charge in [0.2, 0.25) is 0 Å². The molecule has 0 atom stereocenters. The van der Waals surface area contributed by atoms with Gasteiger partial charge in [-0.3, -0.25) is 0 Å². The summed E-state index contributed by atoms with van der Waals surface area (Å²) in [5, 5.41) is 16.7. The molecule has 0 spiro atoms. The number of hydrogen-bond donors (Lipinski definition) is 2. The molecule has 0 rings (SSSR count). The number of carboxylic acids is 2. The Kier molecular flexibility index (Phi) is 6.68. The fraction of sp³-hybridized carbons (Fsp3) is 0.500. The van der Waals surface area contributed by atoms with Crippen molar-refractivity contribution in [2.45, 2.75) is 8.67 Å². The molecule has 0 aromatic carbocycles. The minimum atomic E-state index is -2.79. The first-order valence-corrected chi connectivity index (χ1v) is 3.87. The molecule has 4 nitrogen and oxygen atoms in total. The van der Waals surface area contributed by atoms with Crippen molar-refractivity contribution in [2.24, 2.45) is 0 Å². The molecule has 0 aromatic heterocycles. The average Bonchev–Trinajstić information content (AvgIpc) is 1.86. The number of carbonyl (C=O) groups is 2. The van der Waals surface area contributed by atoms with E-state index in [1.54, 1.807) is 0 Å². The van der Waals surface area contributed by atoms with Crippen LogP contribution in [0.5, 0.6) is 0 Å². The Morgan fingerprint density at radius 2 is 1.08 bits per heavy atom. The van der Waals surface area contributed by atoms with E-state index in [1.165, 1.54) is 0 Å². The van der Waals surface area contributed by atoms with E-state index in [0.29, 0.717) is 0 Å². The molecule has 72 valence electrons. The second-order valence-corrected chi connectivity index (χ2v) is 4.41. The first kappa shape index (κ1) is 16.5. The summed E-state index contributed by atoms with van der Waals surface area (Å²) in [4.78, 5) is 20.6. The predicted octanol–water partition coefficient (Wildman–Crippen LogP) is -1.38. The maximum Gasteiger partial charge on any atom is 1.00 e. The zero-order valence-corrected chi connectivity index (χ0v) is 11.2. The second kappa shape index (κ2) is 5.26. The molecule has 0 aliphatic heterocycles. The van der Waals surface area contributed by atoms with Crippen LogP contribution < -0.4 is 29.6 Å². The topological polar surface area (TPSA) is 74.6 Å². The van der Waals surface area contributed by atoms with Gasteiger partial charge >= 0.3 is 41.5 Å². The average molecular weight is 280 g/mol. The maximum atomic E-state index is 10.3. The maximum absolute atomic E-state index is 10.3. The third-order valence-corrected chi connectivity index (χ3v) is 3.10. The van der Waals surface area contributed by atoms with Crippen molar-refractivity contribution < 1.29 is 50.8 Å². The smallest absolute Gasteiger partial charge is 1.00 e. The monoisotopic (exact) mass is 278 g/mol. The summed E-state index contributed by atoms with van der Waals surface area (Å²) in [6.07, 6.45) is 0. The van der Waals surface area contributed by atoms with E-state index in [2.05, 4.69) is 0 Å². The van der Waals surface area contributed by atoms with Crippen molar-refractivity contribution in [3.8, 4) is 0 Å². The molecule has 0 radical (unpaired) electrons. The molecule has 13 heavy (non-hydrogen) atoms. The number of hydrogen-bond acceptors (Lipinski definition) is 2. The van der Waals surface area contributed by atoms with Crippen molar-refractivity contribution in [1.82, 2.24) is 0 Å². The van der Waals surface area contributed by atoms with Crippen LogP contribution in [0.15, 0.2) is 0 Å². The Balaban J connectivity index is -0.000000605. The van der Waals surface area contributed by atoms with E-state index in [-0.39, 0.29) is 31.0 Å². The van der Waals surface area contributed by atoms with Crippen LogP contribution in [0.25, 0.3) is 0 Å². The minimum Gasteiger partial charge on any atom is -1.00 e. The van der Waals surface area contributed by atoms with Gasteiger partial charge < -0.3 is 11.6 Å². The fourth-order valence-electron chi connectivity index (χ4n) is 0.269. The summed E-state index contributed by atoms with van der Waals surface area (Å²) in [6, 6.07) is 0. The molecule has 0 bridgehead atoms. The van der Waals surface area contributed by atoms with Crippen LogP contribution in [0.4, 0.5) is 0 Å². The van der Waals surface area contributed by atoms with Crippen molar-refractivity contribution in [3.63, 3.8) is 0 Å². The van der Waals surface area contributed by atoms with Gasteiger partial charge in [-0.05, 0) is 0 Å². The van der Waals surface area contributed by atoms with Crippen LogP contribution in [0, 0.1) is 0 Å². The molecule has 0 unspecified atom stereocenters. The predicted molar refractivity (Wildman–Crippen MR) is 45.3 cm³/mol. The largest absolute Gasteiger partial charge is 1.00 e. The Labute approximate surface area is 117 Å². The zero-order valence-electron chi connectivity index (χ0n) is 7.22. The number of halogens is 4. The summed E-state index contributed by atoms with van der Waals surface area (Å²) in [5.41, 5.74) is 0. The first-order valence-electron chi connectivity index (χ1n) is 2.36. The van der Waals surface area contributed by atoms with Crippen molar-refractivity contribution >= 4 is 58.3 Å². The molecular weight excluding hydrogens is 277 g/mol. The van der Waals surface area contributed by atoms with Crippen molar-refractivity contribution in [1.29, 1.82) is 0 Å². The van der Waals surface area contributed by atoms with Crippen LogP contribution in [-0.4, -0.2) is 30.8 Å². The molecule has 0 amide bonds. The Morgan fingerprint density at radius 1 is 0.923 bits per heavy atom. The number of rotatable bonds is 3. The van der Waals surface area contributed by atoms with Crippen LogP contribution in [0.3, 0.4) is 0 Å². The molecule has 0 aromatic rings. The third kappa shape index (κ3) is 3.30. The Hall–Kier alpha value is 1.10. The Morgan fingerprint density at radius 3 is 1.15 bits per heavy atom. The molecule has 9 heteroatoms. The van der Waals surface area contributed by atoms with Gasteiger partial charge in [0.15, 0.2) is 0 Å². The molecular formula is C4H3Cl4NaO4. The molecule has 0 aliphatic rings. The van der Waals surface area contributed by atoms with Crippen molar-refractivity contribution in [3.05, 3.63) is 0 Å². The summed E-state index contributed by atoms with van der Waals surface area (Å²) in [6.45, 7) is 0. The van der Waals surface area contributed by atoms with Gasteiger partial charge in [-0.2, -0.15) is 0 Å². The summed E-state index contributed by atoms with van der Waals surface area (Å²) >= 11 is 20.3. The van der Waals surface area contributed by atoms with Gasteiger partial charge in [0.05, 0.1) is 0 Å². The summed E-state index contributed by atoms with van der Waals surface area (Å²) in [5.74, 6) is -3.67. The summed E-state index contributed by atoms with van der Waals surface area (Å²) in [7, 11) is 0. The molecule has 2 N–H and O–H groups in total. The molecule has 0 aliphatic carbocycles. The molecule has 0 fully saturated rings. The van der Waals surface area contributed by atoms with E-state index in [4.69, 9.17) is 56.6 Å².